The molecule has 7 heteroatoms. The topological polar surface area (TPSA) is 33.9 Å². The Bertz CT molecular complexity index is 6570. The van der Waals surface area contributed by atoms with Gasteiger partial charge >= 0.3 is 0 Å². The van der Waals surface area contributed by atoms with Gasteiger partial charge in [-0.05, 0) is 181 Å². The van der Waals surface area contributed by atoms with Crippen LogP contribution in [-0.2, 0) is 0 Å². The summed E-state index contributed by atoms with van der Waals surface area (Å²) in [5.41, 5.74) is 26.5. The first-order chi connectivity index (χ1) is 49.4. The highest BCUT2D eigenvalue weighted by molar-refractivity contribution is 6.18. The van der Waals surface area contributed by atoms with Crippen LogP contribution in [0.15, 0.2) is 322 Å². The highest BCUT2D eigenvalue weighted by Crippen LogP contribution is 2.49. The largest absolute Gasteiger partial charge is 0.310 e. The molecule has 0 N–H and O–H groups in total. The molecule has 0 radical (unpaired) electrons. The lowest BCUT2D eigenvalue weighted by Gasteiger charge is -2.22. The van der Waals surface area contributed by atoms with Crippen molar-refractivity contribution in [1.29, 1.82) is 0 Å². The quantitative estimate of drug-likeness (QED) is 0.136. The van der Waals surface area contributed by atoms with Crippen molar-refractivity contribution in [2.75, 3.05) is 0 Å². The van der Waals surface area contributed by atoms with E-state index in [0.717, 1.165) is 139 Å². The van der Waals surface area contributed by atoms with Crippen molar-refractivity contribution in [2.45, 2.75) is 13.8 Å². The summed E-state index contributed by atoms with van der Waals surface area (Å²) in [5.74, 6) is 0. The minimum Gasteiger partial charge on any atom is -0.310 e. The summed E-state index contributed by atoms with van der Waals surface area (Å²) in [7, 11) is 0. The molecule has 7 nitrogen and oxygen atoms in total. The van der Waals surface area contributed by atoms with E-state index in [1.807, 2.05) is 6.07 Å². The van der Waals surface area contributed by atoms with Crippen LogP contribution in [0, 0.1) is 20.4 Å². The number of benzene rings is 15. The van der Waals surface area contributed by atoms with Gasteiger partial charge in [0.05, 0.1) is 78.5 Å². The molecule has 0 aliphatic rings. The fraction of sp³-hybridized carbons (Fsp3) is 0.0215. The molecule has 0 aliphatic heterocycles. The normalized spacial score (nSPS) is 12.1. The maximum absolute atomic E-state index is 9.37. The summed E-state index contributed by atoms with van der Waals surface area (Å²) >= 11 is 0. The molecule has 0 amide bonds. The van der Waals surface area contributed by atoms with Gasteiger partial charge in [-0.3, -0.25) is 0 Å². The van der Waals surface area contributed by atoms with Crippen LogP contribution in [-0.4, -0.2) is 27.4 Å². The predicted molar refractivity (Wildman–Crippen MR) is 419 cm³/mol. The van der Waals surface area contributed by atoms with E-state index in [0.29, 0.717) is 5.69 Å². The zero-order chi connectivity index (χ0) is 66.0. The molecule has 0 unspecified atom stereocenters. The average Bonchev–Trinajstić information content (AvgIpc) is 1.54. The number of aromatic nitrogens is 6. The summed E-state index contributed by atoms with van der Waals surface area (Å²) < 4.78 is 14.6. The van der Waals surface area contributed by atoms with Crippen LogP contribution >= 0.6 is 0 Å². The molecule has 0 saturated heterocycles. The van der Waals surface area contributed by atoms with Crippen LogP contribution in [0.5, 0.6) is 0 Å². The van der Waals surface area contributed by atoms with Gasteiger partial charge in [0.25, 0.3) is 0 Å². The number of nitrogens with zero attached hydrogens (tertiary/aromatic N) is 7. The monoisotopic (exact) mass is 1270 g/mol. The van der Waals surface area contributed by atoms with E-state index in [1.54, 1.807) is 0 Å². The number of hydrogen-bond acceptors (Lipinski definition) is 0. The van der Waals surface area contributed by atoms with Gasteiger partial charge < -0.3 is 27.4 Å². The second-order valence-electron chi connectivity index (χ2n) is 26.7. The van der Waals surface area contributed by atoms with Crippen LogP contribution < -0.4 is 0 Å². The zero-order valence-corrected chi connectivity index (χ0v) is 54.7. The van der Waals surface area contributed by atoms with E-state index in [4.69, 9.17) is 0 Å². The molecule has 0 fully saturated rings. The standard InChI is InChI=1S/C93H59N7/c1-57-22-20-23-58(2)92(57)59-42-47-90(99-86-48-43-60(95-78-33-12-4-24-64(78)65-25-5-13-34-79(65)95)53-72(86)73-54-61(44-49-87(73)99)96-80-35-14-6-26-66(80)67-27-7-15-36-81(67)96)76(52-59)93-77(94-3)32-21-41-91(93)100-88-50-45-62(97-82-37-16-8-28-68(82)69-29-9-17-38-83(69)97)55-74(88)75-56-63(46-51-89(75)100)98-84-39-18-10-30-70(84)71-31-11-19-40-85(71)98/h4-56H,1-2H3. The first-order valence-corrected chi connectivity index (χ1v) is 34.3. The summed E-state index contributed by atoms with van der Waals surface area (Å²) in [6.07, 6.45) is 0. The predicted octanol–water partition coefficient (Wildman–Crippen LogP) is 24.8. The fourth-order valence-electron chi connectivity index (χ4n) is 17.3. The Morgan fingerprint density at radius 3 is 0.810 bits per heavy atom. The van der Waals surface area contributed by atoms with Crippen molar-refractivity contribution in [3.63, 3.8) is 0 Å². The highest BCUT2D eigenvalue weighted by Gasteiger charge is 2.27. The molecule has 0 aliphatic carbocycles. The Balaban J connectivity index is 0.863. The number of fused-ring (bicyclic) bond motifs is 18. The Morgan fingerprint density at radius 1 is 0.220 bits per heavy atom. The molecule has 15 aromatic carbocycles. The van der Waals surface area contributed by atoms with E-state index in [-0.39, 0.29) is 0 Å². The number of aryl methyl sites for hydroxylation is 2. The Kier molecular flexibility index (Phi) is 11.9. The molecular formula is C93H59N7. The lowest BCUT2D eigenvalue weighted by molar-refractivity contribution is 1.15. The van der Waals surface area contributed by atoms with Gasteiger partial charge in [-0.1, -0.05) is 182 Å². The van der Waals surface area contributed by atoms with Crippen molar-refractivity contribution in [3.05, 3.63) is 344 Å². The van der Waals surface area contributed by atoms with E-state index >= 15 is 0 Å². The molecule has 6 heterocycles. The molecule has 21 aromatic rings. The van der Waals surface area contributed by atoms with E-state index < -0.39 is 0 Å². The fourth-order valence-corrected chi connectivity index (χ4v) is 17.3. The van der Waals surface area contributed by atoms with E-state index in [2.05, 4.69) is 362 Å². The molecular weight excluding hydrogens is 1220 g/mol. The smallest absolute Gasteiger partial charge is 0.197 e. The van der Waals surface area contributed by atoms with Gasteiger partial charge in [0, 0.05) is 98.6 Å². The van der Waals surface area contributed by atoms with Gasteiger partial charge in [-0.15, -0.1) is 0 Å². The van der Waals surface area contributed by atoms with Crippen molar-refractivity contribution in [3.8, 4) is 56.4 Å². The van der Waals surface area contributed by atoms with Crippen LogP contribution in [0.2, 0.25) is 0 Å². The van der Waals surface area contributed by atoms with Crippen molar-refractivity contribution in [2.24, 2.45) is 0 Å². The summed E-state index contributed by atoms with van der Waals surface area (Å²) in [6.45, 7) is 13.8. The second-order valence-corrected chi connectivity index (χ2v) is 26.7. The Labute approximate surface area is 574 Å². The van der Waals surface area contributed by atoms with Crippen LogP contribution in [0.25, 0.3) is 192 Å². The minimum atomic E-state index is 0.555. The third kappa shape index (κ3) is 7.90. The maximum atomic E-state index is 9.37. The van der Waals surface area contributed by atoms with Gasteiger partial charge in [0.1, 0.15) is 0 Å². The summed E-state index contributed by atoms with van der Waals surface area (Å²) in [4.78, 5) is 4.57. The third-order valence-corrected chi connectivity index (χ3v) is 21.5. The molecule has 0 atom stereocenters. The van der Waals surface area contributed by atoms with E-state index in [9.17, 15) is 6.57 Å². The SMILES string of the molecule is [C-]#[N+]c1cccc(-n2c3ccc(-n4c5ccccc5c5ccccc54)cc3c3cc(-n4c5ccccc5c5ccccc54)ccc32)c1-c1cc(-c2c(C)cccc2C)ccc1-n1c2ccc(-n3c4ccccc4c4ccccc43)cc2c2cc(-n3c4ccccc4c4ccccc43)ccc21. The molecule has 0 spiro atoms. The average molecular weight is 1270 g/mol. The first-order valence-electron chi connectivity index (χ1n) is 34.3. The lowest BCUT2D eigenvalue weighted by Crippen LogP contribution is -2.03. The first kappa shape index (κ1) is 55.8. The van der Waals surface area contributed by atoms with Crippen molar-refractivity contribution >= 4 is 137 Å². The van der Waals surface area contributed by atoms with Gasteiger partial charge in [-0.2, -0.15) is 0 Å². The molecule has 0 saturated carbocycles. The van der Waals surface area contributed by atoms with Gasteiger partial charge in [0.2, 0.25) is 0 Å². The highest BCUT2D eigenvalue weighted by atomic mass is 15.0. The molecule has 466 valence electrons. The third-order valence-electron chi connectivity index (χ3n) is 21.5. The van der Waals surface area contributed by atoms with E-state index in [1.165, 1.54) is 59.8 Å². The number of rotatable bonds is 8. The van der Waals surface area contributed by atoms with Crippen LogP contribution in [0.3, 0.4) is 0 Å². The summed E-state index contributed by atoms with van der Waals surface area (Å²) in [6, 6.07) is 118. The maximum Gasteiger partial charge on any atom is 0.197 e. The minimum absolute atomic E-state index is 0.555. The van der Waals surface area contributed by atoms with Crippen molar-refractivity contribution in [1.82, 2.24) is 27.4 Å². The zero-order valence-electron chi connectivity index (χ0n) is 54.7. The van der Waals surface area contributed by atoms with Gasteiger partial charge in [0.15, 0.2) is 5.69 Å². The molecule has 6 aromatic heterocycles. The van der Waals surface area contributed by atoms with Crippen LogP contribution in [0.1, 0.15) is 11.1 Å². The Hall–Kier alpha value is -13.4. The van der Waals surface area contributed by atoms with Crippen LogP contribution in [0.4, 0.5) is 5.69 Å². The number of hydrogen-bond donors (Lipinski definition) is 0. The molecule has 0 bridgehead atoms. The van der Waals surface area contributed by atoms with Crippen molar-refractivity contribution < 1.29 is 0 Å². The second kappa shape index (κ2) is 21.3. The van der Waals surface area contributed by atoms with Gasteiger partial charge in [-0.25, -0.2) is 4.85 Å². The molecule has 100 heavy (non-hydrogen) atoms. The summed E-state index contributed by atoms with van der Waals surface area (Å²) in [5, 5.41) is 14.1. The number of para-hydroxylation sites is 8. The lowest BCUT2D eigenvalue weighted by atomic mass is 9.91. The Morgan fingerprint density at radius 2 is 0.500 bits per heavy atom. The molecule has 21 rings (SSSR count).